The zero-order valence-electron chi connectivity index (χ0n) is 9.93. The fourth-order valence-corrected chi connectivity index (χ4v) is 2.69. The van der Waals surface area contributed by atoms with Gasteiger partial charge in [0.1, 0.15) is 0 Å². The first-order valence-electron chi connectivity index (χ1n) is 6.40. The van der Waals surface area contributed by atoms with Gasteiger partial charge in [-0.1, -0.05) is 13.3 Å². The van der Waals surface area contributed by atoms with Crippen molar-refractivity contribution in [3.63, 3.8) is 0 Å². The van der Waals surface area contributed by atoms with Crippen LogP contribution in [0.4, 0.5) is 0 Å². The molecule has 1 atom stereocenters. The van der Waals surface area contributed by atoms with Crippen LogP contribution in [-0.4, -0.2) is 49.8 Å². The maximum absolute atomic E-state index is 5.63. The molecule has 0 bridgehead atoms. The highest BCUT2D eigenvalue weighted by atomic mass is 16.5. The summed E-state index contributed by atoms with van der Waals surface area (Å²) < 4.78 is 5.63. The van der Waals surface area contributed by atoms with Gasteiger partial charge in [-0.15, -0.1) is 0 Å². The minimum Gasteiger partial charge on any atom is -0.378 e. The lowest BCUT2D eigenvalue weighted by Gasteiger charge is -2.42. The van der Waals surface area contributed by atoms with Crippen LogP contribution >= 0.6 is 0 Å². The number of nitrogens with zero attached hydrogens (tertiary/aromatic N) is 1. The smallest absolute Gasteiger partial charge is 0.0661 e. The van der Waals surface area contributed by atoms with E-state index in [1.165, 1.54) is 45.3 Å². The third-order valence-electron chi connectivity index (χ3n) is 3.78. The van der Waals surface area contributed by atoms with Crippen molar-refractivity contribution in [2.75, 3.05) is 39.4 Å². The van der Waals surface area contributed by atoms with Crippen LogP contribution in [-0.2, 0) is 4.74 Å². The number of hydrogen-bond donors (Lipinski definition) is 1. The highest BCUT2D eigenvalue weighted by molar-refractivity contribution is 4.92. The van der Waals surface area contributed by atoms with Gasteiger partial charge in [-0.25, -0.2) is 0 Å². The molecular formula is C12H24N2O. The topological polar surface area (TPSA) is 24.5 Å². The van der Waals surface area contributed by atoms with Gasteiger partial charge in [-0.3, -0.25) is 0 Å². The number of likely N-dealkylation sites (tertiary alicyclic amines) is 1. The van der Waals surface area contributed by atoms with Gasteiger partial charge in [0, 0.05) is 13.1 Å². The number of ether oxygens (including phenoxy) is 1. The van der Waals surface area contributed by atoms with Gasteiger partial charge < -0.3 is 15.0 Å². The first-order chi connectivity index (χ1) is 7.35. The van der Waals surface area contributed by atoms with Gasteiger partial charge in [0.15, 0.2) is 0 Å². The maximum atomic E-state index is 5.63. The van der Waals surface area contributed by atoms with Crippen molar-refractivity contribution in [3.05, 3.63) is 0 Å². The number of hydrogen-bond acceptors (Lipinski definition) is 3. The van der Waals surface area contributed by atoms with E-state index in [1.54, 1.807) is 0 Å². The molecule has 0 aliphatic carbocycles. The van der Waals surface area contributed by atoms with Gasteiger partial charge in [0.05, 0.1) is 18.8 Å². The normalized spacial score (nSPS) is 34.2. The molecule has 0 aromatic heterocycles. The average Bonchev–Trinajstić information content (AvgIpc) is 2.32. The number of rotatable bonds is 3. The molecular weight excluding hydrogens is 188 g/mol. The van der Waals surface area contributed by atoms with Gasteiger partial charge in [0.25, 0.3) is 0 Å². The molecule has 3 heteroatoms. The van der Waals surface area contributed by atoms with Gasteiger partial charge in [-0.2, -0.15) is 0 Å². The van der Waals surface area contributed by atoms with Crippen LogP contribution in [0, 0.1) is 0 Å². The molecule has 0 amide bonds. The fraction of sp³-hybridized carbons (Fsp3) is 1.00. The van der Waals surface area contributed by atoms with Crippen LogP contribution in [0.3, 0.4) is 0 Å². The molecule has 0 aromatic rings. The van der Waals surface area contributed by atoms with E-state index < -0.39 is 0 Å². The summed E-state index contributed by atoms with van der Waals surface area (Å²) in [7, 11) is 0. The Hall–Kier alpha value is -0.120. The zero-order chi connectivity index (χ0) is 10.6. The van der Waals surface area contributed by atoms with Crippen molar-refractivity contribution >= 4 is 0 Å². The number of piperidine rings is 1. The molecule has 2 rings (SSSR count). The zero-order valence-corrected chi connectivity index (χ0v) is 9.93. The summed E-state index contributed by atoms with van der Waals surface area (Å²) in [6.07, 6.45) is 5.34. The Morgan fingerprint density at radius 2 is 2.07 bits per heavy atom. The maximum Gasteiger partial charge on any atom is 0.0661 e. The molecule has 2 heterocycles. The standard InChI is InChI=1S/C12H24N2O/c1-2-12(11-15-9-6-13-12)10-14-7-4-3-5-8-14/h13H,2-11H2,1H3. The summed E-state index contributed by atoms with van der Waals surface area (Å²) in [5, 5.41) is 3.66. The minimum atomic E-state index is 0.232. The quantitative estimate of drug-likeness (QED) is 0.762. The highest BCUT2D eigenvalue weighted by Gasteiger charge is 2.32. The van der Waals surface area contributed by atoms with Crippen LogP contribution in [0.25, 0.3) is 0 Å². The lowest BCUT2D eigenvalue weighted by atomic mass is 9.94. The Morgan fingerprint density at radius 3 is 2.67 bits per heavy atom. The van der Waals surface area contributed by atoms with Gasteiger partial charge >= 0.3 is 0 Å². The molecule has 3 nitrogen and oxygen atoms in total. The van der Waals surface area contributed by atoms with E-state index in [-0.39, 0.29) is 5.54 Å². The molecule has 2 fully saturated rings. The summed E-state index contributed by atoms with van der Waals surface area (Å²) in [5.74, 6) is 0. The van der Waals surface area contributed by atoms with Crippen molar-refractivity contribution < 1.29 is 4.74 Å². The third-order valence-corrected chi connectivity index (χ3v) is 3.78. The molecule has 15 heavy (non-hydrogen) atoms. The molecule has 0 radical (unpaired) electrons. The van der Waals surface area contributed by atoms with Crippen LogP contribution in [0.15, 0.2) is 0 Å². The second-order valence-electron chi connectivity index (χ2n) is 4.95. The van der Waals surface area contributed by atoms with E-state index in [2.05, 4.69) is 17.1 Å². The summed E-state index contributed by atoms with van der Waals surface area (Å²) in [6.45, 7) is 8.78. The minimum absolute atomic E-state index is 0.232. The Bertz CT molecular complexity index is 184. The molecule has 0 saturated carbocycles. The van der Waals surface area contributed by atoms with E-state index in [4.69, 9.17) is 4.74 Å². The van der Waals surface area contributed by atoms with Crippen molar-refractivity contribution in [2.45, 2.75) is 38.1 Å². The van der Waals surface area contributed by atoms with Crippen LogP contribution in [0.5, 0.6) is 0 Å². The first kappa shape index (κ1) is 11.4. The lowest BCUT2D eigenvalue weighted by molar-refractivity contribution is 0.00430. The van der Waals surface area contributed by atoms with Crippen molar-refractivity contribution in [3.8, 4) is 0 Å². The molecule has 2 aliphatic rings. The first-order valence-corrected chi connectivity index (χ1v) is 6.40. The predicted octanol–water partition coefficient (Wildman–Crippen LogP) is 1.24. The largest absolute Gasteiger partial charge is 0.378 e. The Labute approximate surface area is 93.2 Å². The molecule has 0 spiro atoms. The second-order valence-corrected chi connectivity index (χ2v) is 4.95. The Kier molecular flexibility index (Phi) is 4.00. The summed E-state index contributed by atoms with van der Waals surface area (Å²) in [6, 6.07) is 0. The molecule has 1 N–H and O–H groups in total. The van der Waals surface area contributed by atoms with Crippen LogP contribution < -0.4 is 5.32 Å². The van der Waals surface area contributed by atoms with E-state index >= 15 is 0 Å². The summed E-state index contributed by atoms with van der Waals surface area (Å²) in [5.41, 5.74) is 0.232. The fourth-order valence-electron chi connectivity index (χ4n) is 2.69. The SMILES string of the molecule is CCC1(CN2CCCCC2)COCCN1. The number of nitrogens with one attached hydrogen (secondary N) is 1. The Balaban J connectivity index is 1.87. The Morgan fingerprint density at radius 1 is 1.27 bits per heavy atom. The third kappa shape index (κ3) is 2.92. The predicted molar refractivity (Wildman–Crippen MR) is 62.1 cm³/mol. The second kappa shape index (κ2) is 5.28. The van der Waals surface area contributed by atoms with E-state index in [0.29, 0.717) is 0 Å². The monoisotopic (exact) mass is 212 g/mol. The van der Waals surface area contributed by atoms with Gasteiger partial charge in [-0.05, 0) is 32.4 Å². The molecule has 88 valence electrons. The lowest BCUT2D eigenvalue weighted by Crippen LogP contribution is -2.60. The number of morpholine rings is 1. The van der Waals surface area contributed by atoms with Gasteiger partial charge in [0.2, 0.25) is 0 Å². The average molecular weight is 212 g/mol. The molecule has 1 unspecified atom stereocenters. The van der Waals surface area contributed by atoms with Crippen molar-refractivity contribution in [1.82, 2.24) is 10.2 Å². The van der Waals surface area contributed by atoms with E-state index in [0.717, 1.165) is 19.8 Å². The van der Waals surface area contributed by atoms with Crippen LogP contribution in [0.1, 0.15) is 32.6 Å². The molecule has 2 saturated heterocycles. The molecule has 0 aromatic carbocycles. The summed E-state index contributed by atoms with van der Waals surface area (Å²) >= 11 is 0. The highest BCUT2D eigenvalue weighted by Crippen LogP contribution is 2.18. The van der Waals surface area contributed by atoms with E-state index in [1.807, 2.05) is 0 Å². The van der Waals surface area contributed by atoms with Crippen molar-refractivity contribution in [2.24, 2.45) is 0 Å². The van der Waals surface area contributed by atoms with Crippen molar-refractivity contribution in [1.29, 1.82) is 0 Å². The van der Waals surface area contributed by atoms with E-state index in [9.17, 15) is 0 Å². The summed E-state index contributed by atoms with van der Waals surface area (Å²) in [4.78, 5) is 2.61. The molecule has 2 aliphatic heterocycles. The van der Waals surface area contributed by atoms with Crippen LogP contribution in [0.2, 0.25) is 0 Å².